The van der Waals surface area contributed by atoms with Crippen LogP contribution >= 0.6 is 0 Å². The minimum absolute atomic E-state index is 0.0776. The van der Waals surface area contributed by atoms with Crippen molar-refractivity contribution < 1.29 is 13.2 Å². The molecule has 3 heterocycles. The number of carbonyl (C=O) groups is 1. The van der Waals surface area contributed by atoms with Crippen molar-refractivity contribution in [3.05, 3.63) is 52.7 Å². The van der Waals surface area contributed by atoms with Crippen molar-refractivity contribution in [3.8, 4) is 0 Å². The highest BCUT2D eigenvalue weighted by Crippen LogP contribution is 2.36. The predicted octanol–water partition coefficient (Wildman–Crippen LogP) is 2.99. The maximum Gasteiger partial charge on any atom is 0.281 e. The van der Waals surface area contributed by atoms with E-state index in [1.807, 2.05) is 12.1 Å². The molecule has 1 aromatic heterocycles. The normalized spacial score (nSPS) is 23.2. The number of hydrogen-bond donors (Lipinski definition) is 1. The molecule has 0 bridgehead atoms. The first-order valence-corrected chi connectivity index (χ1v) is 12.9. The predicted molar refractivity (Wildman–Crippen MR) is 132 cm³/mol. The zero-order valence-electron chi connectivity index (χ0n) is 20.2. The summed E-state index contributed by atoms with van der Waals surface area (Å²) in [5, 5.41) is 3.01. The van der Waals surface area contributed by atoms with Gasteiger partial charge in [0.05, 0.1) is 12.3 Å². The Morgan fingerprint density at radius 1 is 1.18 bits per heavy atom. The smallest absolute Gasteiger partial charge is 0.281 e. The molecule has 9 nitrogen and oxygen atoms in total. The van der Waals surface area contributed by atoms with E-state index in [1.54, 1.807) is 26.2 Å². The van der Waals surface area contributed by atoms with Gasteiger partial charge in [0.2, 0.25) is 0 Å². The van der Waals surface area contributed by atoms with Gasteiger partial charge in [-0.2, -0.15) is 17.0 Å². The summed E-state index contributed by atoms with van der Waals surface area (Å²) in [6.45, 7) is 14.0. The van der Waals surface area contributed by atoms with Crippen LogP contribution in [-0.4, -0.2) is 68.2 Å². The fraction of sp³-hybridized carbons (Fsp3) is 0.542. The molecule has 0 unspecified atom stereocenters. The van der Waals surface area contributed by atoms with E-state index in [0.29, 0.717) is 36.5 Å². The molecule has 10 heteroatoms. The van der Waals surface area contributed by atoms with Gasteiger partial charge in [-0.1, -0.05) is 19.9 Å². The first-order valence-electron chi connectivity index (χ1n) is 11.5. The summed E-state index contributed by atoms with van der Waals surface area (Å²) in [5.41, 5.74) is 2.75. The molecule has 0 spiro atoms. The van der Waals surface area contributed by atoms with Crippen molar-refractivity contribution in [2.45, 2.75) is 39.0 Å². The van der Waals surface area contributed by atoms with Crippen molar-refractivity contribution in [3.63, 3.8) is 0 Å². The van der Waals surface area contributed by atoms with E-state index in [9.17, 15) is 13.2 Å². The first kappa shape index (κ1) is 24.4. The quantitative estimate of drug-likeness (QED) is 0.664. The molecule has 0 atom stereocenters. The van der Waals surface area contributed by atoms with Crippen LogP contribution in [0.2, 0.25) is 0 Å². The minimum Gasteiger partial charge on any atom is -0.355 e. The molecule has 1 aromatic rings. The van der Waals surface area contributed by atoms with Crippen molar-refractivity contribution in [1.29, 1.82) is 0 Å². The standard InChI is InChI=1S/C24H32N6O3S/c1-24(2)10-12-30(13-11-24)22-21(27-23(31)17-6-7-19(14-17)25-3)9-8-20(26-22)18-15-28(4)34(32,33)29(5)16-18/h7-9,14,18H,6,10-13,15-16H2,1-2,4-5H3,(H,27,31). The molecule has 2 saturated heterocycles. The SMILES string of the molecule is [C-]#[N+]C1=CCC(C(=O)Nc2ccc(C3CN(C)S(=O)(=O)N(C)C3)nc2N2CCC(C)(C)CC2)=C1. The van der Waals surface area contributed by atoms with Crippen LogP contribution in [0.1, 0.15) is 44.7 Å². The number of allylic oxidation sites excluding steroid dienone is 2. The second kappa shape index (κ2) is 9.13. The number of rotatable bonds is 4. The average molecular weight is 485 g/mol. The van der Waals surface area contributed by atoms with E-state index in [1.165, 1.54) is 8.61 Å². The fourth-order valence-electron chi connectivity index (χ4n) is 4.59. The second-order valence-corrected chi connectivity index (χ2v) is 12.2. The fourth-order valence-corrected chi connectivity index (χ4v) is 5.81. The molecule has 34 heavy (non-hydrogen) atoms. The molecule has 3 aliphatic rings. The van der Waals surface area contributed by atoms with Gasteiger partial charge < -0.3 is 10.2 Å². The Hall–Kier alpha value is -2.74. The van der Waals surface area contributed by atoms with E-state index in [0.717, 1.165) is 37.4 Å². The van der Waals surface area contributed by atoms with Gasteiger partial charge >= 0.3 is 0 Å². The zero-order chi connectivity index (χ0) is 24.7. The average Bonchev–Trinajstić information content (AvgIpc) is 3.27. The van der Waals surface area contributed by atoms with Gasteiger partial charge in [-0.15, -0.1) is 0 Å². The third-order valence-corrected chi connectivity index (χ3v) is 8.87. The topological polar surface area (TPSA) is 90.2 Å². The molecule has 1 amide bonds. The van der Waals surface area contributed by atoms with Crippen LogP contribution in [0.4, 0.5) is 11.5 Å². The van der Waals surface area contributed by atoms with Gasteiger partial charge in [0.25, 0.3) is 16.1 Å². The first-order chi connectivity index (χ1) is 16.0. The van der Waals surface area contributed by atoms with Crippen LogP contribution in [0.5, 0.6) is 0 Å². The number of piperidine rings is 1. The molecule has 1 aliphatic carbocycles. The van der Waals surface area contributed by atoms with Crippen LogP contribution in [0, 0.1) is 12.0 Å². The lowest BCUT2D eigenvalue weighted by atomic mass is 9.82. The van der Waals surface area contributed by atoms with Crippen molar-refractivity contribution in [2.24, 2.45) is 5.41 Å². The number of pyridine rings is 1. The lowest BCUT2D eigenvalue weighted by Crippen LogP contribution is -2.49. The number of anilines is 2. The minimum atomic E-state index is -3.43. The molecule has 2 fully saturated rings. The lowest BCUT2D eigenvalue weighted by Gasteiger charge is -2.39. The summed E-state index contributed by atoms with van der Waals surface area (Å²) in [5.74, 6) is 0.412. The van der Waals surface area contributed by atoms with Gasteiger partial charge in [-0.05, 0) is 42.9 Å². The summed E-state index contributed by atoms with van der Waals surface area (Å²) in [6.07, 6.45) is 5.85. The van der Waals surface area contributed by atoms with Gasteiger partial charge in [0, 0.05) is 57.5 Å². The number of amides is 1. The Morgan fingerprint density at radius 3 is 2.41 bits per heavy atom. The Kier molecular flexibility index (Phi) is 6.55. The molecule has 0 radical (unpaired) electrons. The van der Waals surface area contributed by atoms with E-state index < -0.39 is 10.2 Å². The highest BCUT2D eigenvalue weighted by atomic mass is 32.2. The molecular formula is C24H32N6O3S. The summed E-state index contributed by atoms with van der Waals surface area (Å²) in [7, 11) is -0.257. The maximum atomic E-state index is 12.9. The van der Waals surface area contributed by atoms with Crippen LogP contribution < -0.4 is 10.2 Å². The highest BCUT2D eigenvalue weighted by molar-refractivity contribution is 7.86. The van der Waals surface area contributed by atoms with E-state index in [-0.39, 0.29) is 17.2 Å². The van der Waals surface area contributed by atoms with E-state index >= 15 is 0 Å². The van der Waals surface area contributed by atoms with Crippen LogP contribution in [-0.2, 0) is 15.0 Å². The maximum absolute atomic E-state index is 12.9. The zero-order valence-corrected chi connectivity index (χ0v) is 21.0. The van der Waals surface area contributed by atoms with Gasteiger partial charge in [-0.25, -0.2) is 9.83 Å². The van der Waals surface area contributed by atoms with Crippen LogP contribution in [0.15, 0.2) is 35.6 Å². The van der Waals surface area contributed by atoms with Crippen molar-refractivity contribution in [1.82, 2.24) is 13.6 Å². The molecule has 0 aromatic carbocycles. The number of aromatic nitrogens is 1. The van der Waals surface area contributed by atoms with Crippen molar-refractivity contribution >= 4 is 27.6 Å². The summed E-state index contributed by atoms with van der Waals surface area (Å²) < 4.78 is 27.4. The summed E-state index contributed by atoms with van der Waals surface area (Å²) in [6, 6.07) is 3.75. The van der Waals surface area contributed by atoms with Crippen LogP contribution in [0.25, 0.3) is 4.85 Å². The third kappa shape index (κ3) is 4.87. The molecule has 0 saturated carbocycles. The monoisotopic (exact) mass is 484 g/mol. The van der Waals surface area contributed by atoms with Crippen molar-refractivity contribution in [2.75, 3.05) is 50.5 Å². The number of nitrogens with one attached hydrogen (secondary N) is 1. The summed E-state index contributed by atoms with van der Waals surface area (Å²) in [4.78, 5) is 23.5. The third-order valence-electron chi connectivity index (χ3n) is 7.00. The van der Waals surface area contributed by atoms with E-state index in [2.05, 4.69) is 28.9 Å². The molecule has 2 aliphatic heterocycles. The highest BCUT2D eigenvalue weighted by Gasteiger charge is 2.35. The molecule has 4 rings (SSSR count). The Morgan fingerprint density at radius 2 is 1.82 bits per heavy atom. The van der Waals surface area contributed by atoms with Gasteiger partial charge in [0.15, 0.2) is 11.5 Å². The number of carbonyl (C=O) groups excluding carboxylic acids is 1. The Bertz CT molecular complexity index is 1170. The lowest BCUT2D eigenvalue weighted by molar-refractivity contribution is -0.112. The number of hydrogen-bond acceptors (Lipinski definition) is 5. The molecule has 1 N–H and O–H groups in total. The molecule has 182 valence electrons. The Balaban J connectivity index is 1.63. The van der Waals surface area contributed by atoms with Gasteiger partial charge in [-0.3, -0.25) is 4.79 Å². The summed E-state index contributed by atoms with van der Waals surface area (Å²) >= 11 is 0. The molecular weight excluding hydrogens is 452 g/mol. The number of likely N-dealkylation sites (N-methyl/N-ethyl adjacent to an activating group) is 2. The van der Waals surface area contributed by atoms with E-state index in [4.69, 9.17) is 11.6 Å². The van der Waals surface area contributed by atoms with Crippen LogP contribution in [0.3, 0.4) is 0 Å². The second-order valence-electron chi connectivity index (χ2n) is 10.1. The number of nitrogens with zero attached hydrogens (tertiary/aromatic N) is 5. The Labute approximate surface area is 202 Å². The van der Waals surface area contributed by atoms with Gasteiger partial charge in [0.1, 0.15) is 0 Å². The largest absolute Gasteiger partial charge is 0.355 e.